The van der Waals surface area contributed by atoms with Gasteiger partial charge in [0, 0.05) is 16.4 Å². The van der Waals surface area contributed by atoms with Gasteiger partial charge in [-0.2, -0.15) is 0 Å². The monoisotopic (exact) mass is 415 g/mol. The van der Waals surface area contributed by atoms with Crippen molar-refractivity contribution < 1.29 is 14.0 Å². The van der Waals surface area contributed by atoms with E-state index < -0.39 is 17.6 Å². The highest BCUT2D eigenvalue weighted by molar-refractivity contribution is 6.31. The molecule has 0 saturated carbocycles. The lowest BCUT2D eigenvalue weighted by Gasteiger charge is -2.09. The predicted octanol–water partition coefficient (Wildman–Crippen LogP) is 3.89. The number of aryl methyl sites for hydroxylation is 2. The van der Waals surface area contributed by atoms with Crippen LogP contribution >= 0.6 is 11.6 Å². The van der Waals surface area contributed by atoms with Gasteiger partial charge in [-0.3, -0.25) is 9.59 Å². The lowest BCUT2D eigenvalue weighted by molar-refractivity contribution is -0.117. The molecule has 2 amide bonds. The lowest BCUT2D eigenvalue weighted by atomic mass is 10.2. The first-order valence-corrected chi connectivity index (χ1v) is 9.16. The summed E-state index contributed by atoms with van der Waals surface area (Å²) in [6.07, 6.45) is 0. The SMILES string of the molecule is Cc1ccc(NC(=O)Cn2nnc(C(=O)Nc3cc(Cl)ccc3C)c2C)cc1F. The molecule has 0 unspecified atom stereocenters. The molecule has 0 aliphatic rings. The number of halogens is 2. The first-order valence-electron chi connectivity index (χ1n) is 8.78. The van der Waals surface area contributed by atoms with Gasteiger partial charge in [0.25, 0.3) is 5.91 Å². The van der Waals surface area contributed by atoms with Crippen molar-refractivity contribution in [3.63, 3.8) is 0 Å². The highest BCUT2D eigenvalue weighted by atomic mass is 35.5. The third-order valence-corrected chi connectivity index (χ3v) is 4.63. The predicted molar refractivity (Wildman–Crippen MR) is 109 cm³/mol. The molecular formula is C20H19ClFN5O2. The normalized spacial score (nSPS) is 10.7. The largest absolute Gasteiger partial charge is 0.324 e. The summed E-state index contributed by atoms with van der Waals surface area (Å²) in [4.78, 5) is 24.8. The van der Waals surface area contributed by atoms with E-state index in [4.69, 9.17) is 11.6 Å². The number of hydrogen-bond acceptors (Lipinski definition) is 4. The second-order valence-electron chi connectivity index (χ2n) is 6.61. The van der Waals surface area contributed by atoms with Gasteiger partial charge in [-0.25, -0.2) is 9.07 Å². The Morgan fingerprint density at radius 3 is 2.52 bits per heavy atom. The topological polar surface area (TPSA) is 88.9 Å². The van der Waals surface area contributed by atoms with E-state index in [0.717, 1.165) is 5.56 Å². The summed E-state index contributed by atoms with van der Waals surface area (Å²) in [6.45, 7) is 4.95. The fourth-order valence-corrected chi connectivity index (χ4v) is 2.81. The number of amides is 2. The van der Waals surface area contributed by atoms with Crippen LogP contribution in [0.5, 0.6) is 0 Å². The second kappa shape index (κ2) is 8.40. The number of rotatable bonds is 5. The van der Waals surface area contributed by atoms with Crippen molar-refractivity contribution in [1.29, 1.82) is 0 Å². The van der Waals surface area contributed by atoms with E-state index in [2.05, 4.69) is 20.9 Å². The quantitative estimate of drug-likeness (QED) is 0.661. The van der Waals surface area contributed by atoms with Crippen LogP contribution in [0.2, 0.25) is 5.02 Å². The molecule has 0 spiro atoms. The highest BCUT2D eigenvalue weighted by Crippen LogP contribution is 2.21. The van der Waals surface area contributed by atoms with E-state index in [-0.39, 0.29) is 12.2 Å². The molecule has 0 bridgehead atoms. The van der Waals surface area contributed by atoms with E-state index in [1.165, 1.54) is 10.7 Å². The number of anilines is 2. The van der Waals surface area contributed by atoms with Crippen LogP contribution in [-0.2, 0) is 11.3 Å². The van der Waals surface area contributed by atoms with Gasteiger partial charge >= 0.3 is 0 Å². The summed E-state index contributed by atoms with van der Waals surface area (Å²) in [5, 5.41) is 13.6. The maximum Gasteiger partial charge on any atom is 0.278 e. The molecule has 0 saturated heterocycles. The van der Waals surface area contributed by atoms with Crippen LogP contribution in [-0.4, -0.2) is 26.8 Å². The maximum atomic E-state index is 13.6. The number of carbonyl (C=O) groups is 2. The average Bonchev–Trinajstić information content (AvgIpc) is 3.02. The van der Waals surface area contributed by atoms with Crippen LogP contribution in [0.25, 0.3) is 0 Å². The van der Waals surface area contributed by atoms with Gasteiger partial charge in [0.05, 0.1) is 5.69 Å². The molecule has 2 N–H and O–H groups in total. The number of nitrogens with zero attached hydrogens (tertiary/aromatic N) is 3. The van der Waals surface area contributed by atoms with Crippen molar-refractivity contribution in [3.05, 3.63) is 69.8 Å². The van der Waals surface area contributed by atoms with Crippen LogP contribution in [0.3, 0.4) is 0 Å². The van der Waals surface area contributed by atoms with Gasteiger partial charge in [-0.05, 0) is 56.2 Å². The zero-order valence-electron chi connectivity index (χ0n) is 16.1. The van der Waals surface area contributed by atoms with Gasteiger partial charge < -0.3 is 10.6 Å². The number of aromatic nitrogens is 3. The molecule has 2 aromatic carbocycles. The fraction of sp³-hybridized carbons (Fsp3) is 0.200. The molecule has 1 heterocycles. The number of hydrogen-bond donors (Lipinski definition) is 2. The Hall–Kier alpha value is -3.26. The molecule has 0 atom stereocenters. The average molecular weight is 416 g/mol. The van der Waals surface area contributed by atoms with Crippen molar-refractivity contribution in [1.82, 2.24) is 15.0 Å². The molecule has 0 fully saturated rings. The van der Waals surface area contributed by atoms with Crippen LogP contribution < -0.4 is 10.6 Å². The Labute approximate surface area is 171 Å². The summed E-state index contributed by atoms with van der Waals surface area (Å²) < 4.78 is 14.9. The van der Waals surface area contributed by atoms with Crippen molar-refractivity contribution in [2.75, 3.05) is 10.6 Å². The van der Waals surface area contributed by atoms with Crippen molar-refractivity contribution in [2.45, 2.75) is 27.3 Å². The van der Waals surface area contributed by atoms with E-state index >= 15 is 0 Å². The fourth-order valence-electron chi connectivity index (χ4n) is 2.64. The molecule has 7 nitrogen and oxygen atoms in total. The van der Waals surface area contributed by atoms with Crippen LogP contribution in [0.1, 0.15) is 27.3 Å². The molecule has 0 aliphatic heterocycles. The van der Waals surface area contributed by atoms with Crippen molar-refractivity contribution >= 4 is 34.8 Å². The van der Waals surface area contributed by atoms with Gasteiger partial charge in [0.15, 0.2) is 5.69 Å². The van der Waals surface area contributed by atoms with E-state index in [1.54, 1.807) is 44.2 Å². The highest BCUT2D eigenvalue weighted by Gasteiger charge is 2.19. The van der Waals surface area contributed by atoms with Gasteiger partial charge in [-0.15, -0.1) is 5.10 Å². The summed E-state index contributed by atoms with van der Waals surface area (Å²) in [6, 6.07) is 9.59. The second-order valence-corrected chi connectivity index (χ2v) is 7.04. The third-order valence-electron chi connectivity index (χ3n) is 4.39. The summed E-state index contributed by atoms with van der Waals surface area (Å²) in [7, 11) is 0. The minimum absolute atomic E-state index is 0.0959. The van der Waals surface area contributed by atoms with Gasteiger partial charge in [-0.1, -0.05) is 28.9 Å². The Balaban J connectivity index is 1.69. The van der Waals surface area contributed by atoms with Crippen molar-refractivity contribution in [2.24, 2.45) is 0 Å². The third kappa shape index (κ3) is 4.78. The van der Waals surface area contributed by atoms with Gasteiger partial charge in [0.2, 0.25) is 5.91 Å². The molecule has 0 radical (unpaired) electrons. The Morgan fingerprint density at radius 1 is 1.07 bits per heavy atom. The maximum absolute atomic E-state index is 13.6. The molecule has 3 aromatic rings. The lowest BCUT2D eigenvalue weighted by Crippen LogP contribution is -2.21. The van der Waals surface area contributed by atoms with Crippen LogP contribution in [0, 0.1) is 26.6 Å². The van der Waals surface area contributed by atoms with Gasteiger partial charge in [0.1, 0.15) is 12.4 Å². The number of carbonyl (C=O) groups excluding carboxylic acids is 2. The number of benzene rings is 2. The van der Waals surface area contributed by atoms with E-state index in [1.807, 2.05) is 6.92 Å². The van der Waals surface area contributed by atoms with E-state index in [0.29, 0.717) is 27.7 Å². The Bertz CT molecular complexity index is 1100. The molecule has 29 heavy (non-hydrogen) atoms. The minimum Gasteiger partial charge on any atom is -0.324 e. The Morgan fingerprint density at radius 2 is 1.79 bits per heavy atom. The van der Waals surface area contributed by atoms with Crippen LogP contribution in [0.15, 0.2) is 36.4 Å². The first-order chi connectivity index (χ1) is 13.7. The van der Waals surface area contributed by atoms with Crippen LogP contribution in [0.4, 0.5) is 15.8 Å². The molecule has 150 valence electrons. The zero-order chi connectivity index (χ0) is 21.1. The smallest absolute Gasteiger partial charge is 0.278 e. The summed E-state index contributed by atoms with van der Waals surface area (Å²) in [5.74, 6) is -1.28. The minimum atomic E-state index is -0.458. The molecule has 0 aliphatic carbocycles. The molecule has 1 aromatic heterocycles. The zero-order valence-corrected chi connectivity index (χ0v) is 16.8. The molecule has 3 rings (SSSR count). The van der Waals surface area contributed by atoms with E-state index in [9.17, 15) is 14.0 Å². The Kier molecular flexibility index (Phi) is 5.93. The molecular weight excluding hydrogens is 397 g/mol. The number of nitrogens with one attached hydrogen (secondary N) is 2. The van der Waals surface area contributed by atoms with Crippen molar-refractivity contribution in [3.8, 4) is 0 Å². The first kappa shape index (κ1) is 20.5. The standard InChI is InChI=1S/C20H19ClFN5O2/c1-11-5-7-15(9-16(11)22)23-18(28)10-27-13(3)19(25-26-27)20(29)24-17-8-14(21)6-4-12(17)2/h4-9H,10H2,1-3H3,(H,23,28)(H,24,29). The summed E-state index contributed by atoms with van der Waals surface area (Å²) >= 11 is 5.97. The summed E-state index contributed by atoms with van der Waals surface area (Å²) in [5.41, 5.74) is 2.75. The molecule has 9 heteroatoms.